The van der Waals surface area contributed by atoms with Crippen LogP contribution in [0.4, 0.5) is 5.69 Å². The molecule has 0 bridgehead atoms. The number of methoxy groups -OCH3 is 2. The van der Waals surface area contributed by atoms with Gasteiger partial charge >= 0.3 is 0 Å². The van der Waals surface area contributed by atoms with Gasteiger partial charge in [-0.2, -0.15) is 0 Å². The molecule has 1 atom stereocenters. The van der Waals surface area contributed by atoms with Gasteiger partial charge in [0, 0.05) is 11.2 Å². The third-order valence-electron chi connectivity index (χ3n) is 5.22. The minimum atomic E-state index is -1.04. The molecule has 1 amide bonds. The Kier molecular flexibility index (Phi) is 6.26. The number of ether oxygens (including phenoxy) is 2. The predicted molar refractivity (Wildman–Crippen MR) is 125 cm³/mol. The van der Waals surface area contributed by atoms with Crippen molar-refractivity contribution in [3.8, 4) is 11.5 Å². The fourth-order valence-corrected chi connectivity index (χ4v) is 4.39. The van der Waals surface area contributed by atoms with E-state index in [0.29, 0.717) is 17.1 Å². The number of hydrogen-bond acceptors (Lipinski definition) is 6. The molecule has 7 nitrogen and oxygen atoms in total. The van der Waals surface area contributed by atoms with Gasteiger partial charge < -0.3 is 14.6 Å². The summed E-state index contributed by atoms with van der Waals surface area (Å²) in [5, 5.41) is 11.7. The van der Waals surface area contributed by atoms with Gasteiger partial charge in [-0.1, -0.05) is 41.4 Å². The van der Waals surface area contributed by atoms with E-state index in [1.165, 1.54) is 37.4 Å². The van der Waals surface area contributed by atoms with E-state index in [1.54, 1.807) is 42.5 Å². The molecule has 0 spiro atoms. The number of benzene rings is 2. The van der Waals surface area contributed by atoms with E-state index in [0.717, 1.165) is 0 Å². The quantitative estimate of drug-likeness (QED) is 0.310. The first-order chi connectivity index (χ1) is 15.9. The number of carbonyl (C=O) groups excluding carboxylic acids is 2. The summed E-state index contributed by atoms with van der Waals surface area (Å²) in [6.45, 7) is 0. The molecule has 9 heteroatoms. The molecular formula is C24H18Cl2N2O5. The Hall–Kier alpha value is -3.55. The van der Waals surface area contributed by atoms with Crippen LogP contribution in [0.15, 0.2) is 66.4 Å². The molecule has 1 unspecified atom stereocenters. The summed E-state index contributed by atoms with van der Waals surface area (Å²) in [4.78, 5) is 32.1. The lowest BCUT2D eigenvalue weighted by atomic mass is 9.97. The van der Waals surface area contributed by atoms with E-state index in [1.807, 2.05) is 0 Å². The normalized spacial score (nSPS) is 17.3. The number of halogens is 2. The molecule has 0 aliphatic carbocycles. The number of rotatable bonds is 5. The standard InChI is InChI=1S/C24H18Cl2N2O5/c1-32-18-9-4-3-8-17(18)28-20(16-7-5-6-10-27-16)19(22(30)24(28)31)21(29)14-11-13(25)12-15(26)23(14)33-2/h3-12,20,29H,1-2H3/b21-19+. The number of ketones is 1. The van der Waals surface area contributed by atoms with Gasteiger partial charge in [-0.25, -0.2) is 0 Å². The largest absolute Gasteiger partial charge is 0.507 e. The van der Waals surface area contributed by atoms with Crippen molar-refractivity contribution in [1.82, 2.24) is 4.98 Å². The fourth-order valence-electron chi connectivity index (χ4n) is 3.82. The monoisotopic (exact) mass is 484 g/mol. The maximum atomic E-state index is 13.3. The van der Waals surface area contributed by atoms with Crippen molar-refractivity contribution in [1.29, 1.82) is 0 Å². The number of nitrogens with zero attached hydrogens (tertiary/aromatic N) is 2. The smallest absolute Gasteiger partial charge is 0.300 e. The highest BCUT2D eigenvalue weighted by Crippen LogP contribution is 2.46. The number of aliphatic hydroxyl groups excluding tert-OH is 1. The Balaban J connectivity index is 2.02. The van der Waals surface area contributed by atoms with Gasteiger partial charge in [-0.15, -0.1) is 0 Å². The lowest BCUT2D eigenvalue weighted by molar-refractivity contribution is -0.132. The van der Waals surface area contributed by atoms with Crippen molar-refractivity contribution in [3.05, 3.63) is 87.7 Å². The van der Waals surface area contributed by atoms with Crippen LogP contribution < -0.4 is 14.4 Å². The molecule has 4 rings (SSSR count). The van der Waals surface area contributed by atoms with Gasteiger partial charge in [0.1, 0.15) is 23.3 Å². The average Bonchev–Trinajstić information content (AvgIpc) is 3.09. The zero-order valence-electron chi connectivity index (χ0n) is 17.6. The zero-order valence-corrected chi connectivity index (χ0v) is 19.1. The van der Waals surface area contributed by atoms with Crippen molar-refractivity contribution >= 4 is 46.3 Å². The van der Waals surface area contributed by atoms with Crippen LogP contribution in [0.3, 0.4) is 0 Å². The third kappa shape index (κ3) is 3.90. The van der Waals surface area contributed by atoms with Gasteiger partial charge in [0.25, 0.3) is 11.7 Å². The highest BCUT2D eigenvalue weighted by Gasteiger charge is 2.48. The molecule has 168 valence electrons. The predicted octanol–water partition coefficient (Wildman–Crippen LogP) is 5.03. The Morgan fingerprint density at radius 1 is 1.03 bits per heavy atom. The number of carbonyl (C=O) groups is 2. The number of para-hydroxylation sites is 2. The fraction of sp³-hybridized carbons (Fsp3) is 0.125. The van der Waals surface area contributed by atoms with Gasteiger partial charge in [-0.3, -0.25) is 19.5 Å². The van der Waals surface area contributed by atoms with Crippen LogP contribution in [0.25, 0.3) is 5.76 Å². The molecular weight excluding hydrogens is 467 g/mol. The molecule has 3 aromatic rings. The number of pyridine rings is 1. The van der Waals surface area contributed by atoms with Crippen molar-refractivity contribution in [2.45, 2.75) is 6.04 Å². The topological polar surface area (TPSA) is 89.0 Å². The van der Waals surface area contributed by atoms with Crippen LogP contribution in [0.5, 0.6) is 11.5 Å². The summed E-state index contributed by atoms with van der Waals surface area (Å²) in [7, 11) is 2.83. The number of aliphatic hydroxyl groups is 1. The van der Waals surface area contributed by atoms with Crippen molar-refractivity contribution in [2.75, 3.05) is 19.1 Å². The van der Waals surface area contributed by atoms with Crippen LogP contribution in [-0.4, -0.2) is 36.0 Å². The van der Waals surface area contributed by atoms with Crippen LogP contribution in [-0.2, 0) is 9.59 Å². The second kappa shape index (κ2) is 9.13. The number of aromatic nitrogens is 1. The van der Waals surface area contributed by atoms with Gasteiger partial charge in [0.05, 0.1) is 41.8 Å². The second-order valence-electron chi connectivity index (χ2n) is 7.06. The van der Waals surface area contributed by atoms with Crippen molar-refractivity contribution in [3.63, 3.8) is 0 Å². The van der Waals surface area contributed by atoms with Crippen LogP contribution >= 0.6 is 23.2 Å². The molecule has 1 aliphatic rings. The van der Waals surface area contributed by atoms with Gasteiger partial charge in [-0.05, 0) is 36.4 Å². The first kappa shape index (κ1) is 22.6. The van der Waals surface area contributed by atoms with Crippen LogP contribution in [0, 0.1) is 0 Å². The maximum absolute atomic E-state index is 13.3. The molecule has 2 aromatic carbocycles. The molecule has 1 aliphatic heterocycles. The van der Waals surface area contributed by atoms with E-state index < -0.39 is 23.5 Å². The molecule has 0 radical (unpaired) electrons. The summed E-state index contributed by atoms with van der Waals surface area (Å²) >= 11 is 12.4. The van der Waals surface area contributed by atoms with Crippen LogP contribution in [0.2, 0.25) is 10.0 Å². The first-order valence-corrected chi connectivity index (χ1v) is 10.5. The Morgan fingerprint density at radius 2 is 1.76 bits per heavy atom. The minimum absolute atomic E-state index is 0.0777. The van der Waals surface area contributed by atoms with E-state index >= 15 is 0 Å². The SMILES string of the molecule is COc1ccccc1N1C(=O)C(=O)/C(=C(/O)c2cc(Cl)cc(Cl)c2OC)C1c1ccccn1. The molecule has 33 heavy (non-hydrogen) atoms. The Labute approximate surface area is 199 Å². The number of anilines is 1. The number of Topliss-reactive ketones (excluding diaryl/α,β-unsaturated/α-hetero) is 1. The Bertz CT molecular complexity index is 1280. The number of amides is 1. The lowest BCUT2D eigenvalue weighted by Gasteiger charge is -2.26. The summed E-state index contributed by atoms with van der Waals surface area (Å²) in [6, 6.07) is 13.7. The molecule has 1 aromatic heterocycles. The average molecular weight is 485 g/mol. The van der Waals surface area contributed by atoms with Gasteiger partial charge in [0.2, 0.25) is 0 Å². The molecule has 1 N–H and O–H groups in total. The van der Waals surface area contributed by atoms with E-state index in [9.17, 15) is 14.7 Å². The Morgan fingerprint density at radius 3 is 2.42 bits per heavy atom. The summed E-state index contributed by atoms with van der Waals surface area (Å²) in [5.41, 5.74) is 0.624. The first-order valence-electron chi connectivity index (χ1n) is 9.77. The molecule has 0 saturated carbocycles. The van der Waals surface area contributed by atoms with Gasteiger partial charge in [0.15, 0.2) is 0 Å². The van der Waals surface area contributed by atoms with E-state index in [-0.39, 0.29) is 26.9 Å². The minimum Gasteiger partial charge on any atom is -0.507 e. The van der Waals surface area contributed by atoms with Crippen molar-refractivity contribution < 1.29 is 24.2 Å². The van der Waals surface area contributed by atoms with E-state index in [2.05, 4.69) is 4.98 Å². The third-order valence-corrected chi connectivity index (χ3v) is 5.72. The highest BCUT2D eigenvalue weighted by atomic mass is 35.5. The maximum Gasteiger partial charge on any atom is 0.300 e. The molecule has 1 fully saturated rings. The van der Waals surface area contributed by atoms with E-state index in [4.69, 9.17) is 32.7 Å². The highest BCUT2D eigenvalue weighted by molar-refractivity contribution is 6.52. The summed E-state index contributed by atoms with van der Waals surface area (Å²) in [5.74, 6) is -1.73. The summed E-state index contributed by atoms with van der Waals surface area (Å²) in [6.07, 6.45) is 1.54. The number of hydrogen-bond donors (Lipinski definition) is 1. The molecule has 2 heterocycles. The lowest BCUT2D eigenvalue weighted by Crippen LogP contribution is -2.30. The van der Waals surface area contributed by atoms with Crippen molar-refractivity contribution in [2.24, 2.45) is 0 Å². The molecule has 1 saturated heterocycles. The zero-order chi connectivity index (χ0) is 23.7. The van der Waals surface area contributed by atoms with Crippen LogP contribution in [0.1, 0.15) is 17.3 Å². The summed E-state index contributed by atoms with van der Waals surface area (Å²) < 4.78 is 10.7. The second-order valence-corrected chi connectivity index (χ2v) is 7.91.